The molecule has 1 aromatic rings. The molecule has 1 aliphatic rings. The SMILES string of the molecule is C=CC1=C(/C(=C\C)C(=O)O)Cc2ccccc21.CC.CC. The van der Waals surface area contributed by atoms with Gasteiger partial charge in [0.2, 0.25) is 0 Å². The van der Waals surface area contributed by atoms with Crippen molar-refractivity contribution in [3.63, 3.8) is 0 Å². The standard InChI is InChI=1S/C15H14O2.2C2H6/c1-3-11-13-8-6-5-7-10(13)9-14(11)12(4-2)15(16)17;2*1-2/h3-8H,1,9H2,2H3,(H,16,17);2*1-2H3/b12-4+;;. The van der Waals surface area contributed by atoms with Crippen molar-refractivity contribution in [2.45, 2.75) is 41.0 Å². The number of carbonyl (C=O) groups is 1. The molecule has 0 aliphatic heterocycles. The maximum atomic E-state index is 11.2. The van der Waals surface area contributed by atoms with Crippen LogP contribution in [0.1, 0.15) is 45.7 Å². The van der Waals surface area contributed by atoms with Crippen LogP contribution in [0.5, 0.6) is 0 Å². The molecule has 2 rings (SSSR count). The average molecular weight is 286 g/mol. The minimum atomic E-state index is -0.880. The first-order valence-corrected chi connectivity index (χ1v) is 7.53. The third-order valence-corrected chi connectivity index (χ3v) is 3.05. The molecule has 0 spiro atoms. The molecule has 0 atom stereocenters. The molecule has 0 heterocycles. The van der Waals surface area contributed by atoms with E-state index in [0.29, 0.717) is 12.0 Å². The first-order chi connectivity index (χ1) is 10.2. The minimum Gasteiger partial charge on any atom is -0.478 e. The van der Waals surface area contributed by atoms with E-state index in [0.717, 1.165) is 22.3 Å². The average Bonchev–Trinajstić information content (AvgIpc) is 2.89. The summed E-state index contributed by atoms with van der Waals surface area (Å²) in [5, 5.41) is 9.19. The summed E-state index contributed by atoms with van der Waals surface area (Å²) in [6, 6.07) is 7.97. The molecule has 2 nitrogen and oxygen atoms in total. The molecule has 1 aliphatic carbocycles. The summed E-state index contributed by atoms with van der Waals surface area (Å²) in [6.07, 6.45) is 4.06. The van der Waals surface area contributed by atoms with Gasteiger partial charge in [0.15, 0.2) is 0 Å². The maximum Gasteiger partial charge on any atom is 0.335 e. The molecule has 2 heteroatoms. The molecule has 0 saturated carbocycles. The highest BCUT2D eigenvalue weighted by Gasteiger charge is 2.24. The molecular weight excluding hydrogens is 260 g/mol. The number of aliphatic carboxylic acids is 1. The van der Waals surface area contributed by atoms with Crippen molar-refractivity contribution >= 4 is 11.5 Å². The zero-order chi connectivity index (χ0) is 16.4. The summed E-state index contributed by atoms with van der Waals surface area (Å²) >= 11 is 0. The fourth-order valence-corrected chi connectivity index (χ4v) is 2.29. The Balaban J connectivity index is 0.000000921. The van der Waals surface area contributed by atoms with Crippen molar-refractivity contribution in [3.05, 3.63) is 65.3 Å². The monoisotopic (exact) mass is 286 g/mol. The predicted octanol–water partition coefficient (Wildman–Crippen LogP) is 5.27. The molecule has 0 aromatic heterocycles. The quantitative estimate of drug-likeness (QED) is 0.769. The highest BCUT2D eigenvalue weighted by molar-refractivity contribution is 5.99. The smallest absolute Gasteiger partial charge is 0.335 e. The van der Waals surface area contributed by atoms with E-state index >= 15 is 0 Å². The number of benzene rings is 1. The van der Waals surface area contributed by atoms with Crippen molar-refractivity contribution in [2.75, 3.05) is 0 Å². The molecule has 0 radical (unpaired) electrons. The van der Waals surface area contributed by atoms with E-state index in [4.69, 9.17) is 0 Å². The normalized spacial score (nSPS) is 12.5. The van der Waals surface area contributed by atoms with Crippen LogP contribution in [0.4, 0.5) is 0 Å². The molecule has 0 bridgehead atoms. The van der Waals surface area contributed by atoms with Crippen molar-refractivity contribution in [1.82, 2.24) is 0 Å². The van der Waals surface area contributed by atoms with Crippen molar-refractivity contribution in [1.29, 1.82) is 0 Å². The van der Waals surface area contributed by atoms with Crippen LogP contribution in [0.3, 0.4) is 0 Å². The fraction of sp³-hybridized carbons (Fsp3) is 0.316. The third kappa shape index (κ3) is 4.19. The number of hydrogen-bond donors (Lipinski definition) is 1. The topological polar surface area (TPSA) is 37.3 Å². The van der Waals surface area contributed by atoms with Crippen LogP contribution in [-0.2, 0) is 11.2 Å². The number of carboxylic acids is 1. The number of allylic oxidation sites excluding steroid dienone is 3. The van der Waals surface area contributed by atoms with E-state index in [9.17, 15) is 9.90 Å². The number of hydrogen-bond acceptors (Lipinski definition) is 1. The van der Waals surface area contributed by atoms with Gasteiger partial charge in [-0.15, -0.1) is 0 Å². The summed E-state index contributed by atoms with van der Waals surface area (Å²) in [4.78, 5) is 11.2. The van der Waals surface area contributed by atoms with E-state index in [1.54, 1.807) is 19.1 Å². The molecule has 0 unspecified atom stereocenters. The van der Waals surface area contributed by atoms with Gasteiger partial charge in [-0.3, -0.25) is 0 Å². The molecule has 114 valence electrons. The van der Waals surface area contributed by atoms with E-state index in [1.165, 1.54) is 0 Å². The zero-order valence-electron chi connectivity index (χ0n) is 13.7. The van der Waals surface area contributed by atoms with Crippen molar-refractivity contribution < 1.29 is 9.90 Å². The maximum absolute atomic E-state index is 11.2. The lowest BCUT2D eigenvalue weighted by Crippen LogP contribution is -2.04. The first-order valence-electron chi connectivity index (χ1n) is 7.53. The van der Waals surface area contributed by atoms with Crippen LogP contribution in [0, 0.1) is 0 Å². The summed E-state index contributed by atoms with van der Waals surface area (Å²) in [5.74, 6) is -0.880. The van der Waals surface area contributed by atoms with Crippen LogP contribution < -0.4 is 0 Å². The molecule has 0 amide bonds. The second kappa shape index (κ2) is 9.76. The largest absolute Gasteiger partial charge is 0.478 e. The molecule has 0 fully saturated rings. The number of rotatable bonds is 3. The van der Waals surface area contributed by atoms with Crippen LogP contribution in [0.2, 0.25) is 0 Å². The molecule has 21 heavy (non-hydrogen) atoms. The van der Waals surface area contributed by atoms with Gasteiger partial charge in [-0.2, -0.15) is 0 Å². The Morgan fingerprint density at radius 1 is 1.19 bits per heavy atom. The van der Waals surface area contributed by atoms with Gasteiger partial charge in [-0.05, 0) is 35.6 Å². The second-order valence-electron chi connectivity index (χ2n) is 3.94. The highest BCUT2D eigenvalue weighted by atomic mass is 16.4. The van der Waals surface area contributed by atoms with Crippen LogP contribution in [-0.4, -0.2) is 11.1 Å². The molecule has 1 N–H and O–H groups in total. The number of fused-ring (bicyclic) bond motifs is 1. The van der Waals surface area contributed by atoms with Crippen LogP contribution in [0.15, 0.2) is 54.1 Å². The summed E-state index contributed by atoms with van der Waals surface area (Å²) in [5.41, 5.74) is 4.43. The van der Waals surface area contributed by atoms with Crippen molar-refractivity contribution in [3.8, 4) is 0 Å². The summed E-state index contributed by atoms with van der Waals surface area (Å²) in [6.45, 7) is 13.5. The van der Waals surface area contributed by atoms with Crippen molar-refractivity contribution in [2.24, 2.45) is 0 Å². The van der Waals surface area contributed by atoms with E-state index < -0.39 is 5.97 Å². The van der Waals surface area contributed by atoms with E-state index in [-0.39, 0.29) is 0 Å². The van der Waals surface area contributed by atoms with Gasteiger partial charge >= 0.3 is 5.97 Å². The van der Waals surface area contributed by atoms with Crippen LogP contribution >= 0.6 is 0 Å². The Morgan fingerprint density at radius 2 is 1.76 bits per heavy atom. The Labute approximate surface area is 128 Å². The van der Waals surface area contributed by atoms with Gasteiger partial charge in [0.1, 0.15) is 0 Å². The Bertz CT molecular complexity index is 548. The number of carboxylic acid groups (broad SMARTS) is 1. The lowest BCUT2D eigenvalue weighted by atomic mass is 10.0. The Morgan fingerprint density at radius 3 is 2.24 bits per heavy atom. The van der Waals surface area contributed by atoms with Gasteiger partial charge in [0.05, 0.1) is 5.57 Å². The second-order valence-corrected chi connectivity index (χ2v) is 3.94. The Hall–Kier alpha value is -2.09. The zero-order valence-corrected chi connectivity index (χ0v) is 13.7. The minimum absolute atomic E-state index is 0.371. The van der Waals surface area contributed by atoms with E-state index in [1.807, 2.05) is 52.0 Å². The molecule has 1 aromatic carbocycles. The third-order valence-electron chi connectivity index (χ3n) is 3.05. The van der Waals surface area contributed by atoms with Gasteiger partial charge in [-0.25, -0.2) is 4.79 Å². The first kappa shape index (κ1) is 18.9. The summed E-state index contributed by atoms with van der Waals surface area (Å²) < 4.78 is 0. The molecular formula is C19H26O2. The van der Waals surface area contributed by atoms with Gasteiger partial charge in [0, 0.05) is 0 Å². The lowest BCUT2D eigenvalue weighted by Gasteiger charge is -2.04. The van der Waals surface area contributed by atoms with E-state index in [2.05, 4.69) is 6.58 Å². The molecule has 0 saturated heterocycles. The Kier molecular flexibility index (Phi) is 8.79. The summed E-state index contributed by atoms with van der Waals surface area (Å²) in [7, 11) is 0. The lowest BCUT2D eigenvalue weighted by molar-refractivity contribution is -0.132. The fourth-order valence-electron chi connectivity index (χ4n) is 2.29. The van der Waals surface area contributed by atoms with Gasteiger partial charge in [-0.1, -0.05) is 70.7 Å². The van der Waals surface area contributed by atoms with Crippen LogP contribution in [0.25, 0.3) is 5.57 Å². The van der Waals surface area contributed by atoms with Gasteiger partial charge in [0.25, 0.3) is 0 Å². The highest BCUT2D eigenvalue weighted by Crippen LogP contribution is 2.36. The predicted molar refractivity (Wildman–Crippen MR) is 91.4 cm³/mol. The van der Waals surface area contributed by atoms with Gasteiger partial charge < -0.3 is 5.11 Å².